The largest absolute Gasteiger partial charge is 0.495 e. The fourth-order valence-corrected chi connectivity index (χ4v) is 4.32. The second kappa shape index (κ2) is 9.02. The molecule has 11 heteroatoms. The highest BCUT2D eigenvalue weighted by atomic mass is 35.5. The summed E-state index contributed by atoms with van der Waals surface area (Å²) in [7, 11) is -2.58. The molecule has 0 radical (unpaired) electrons. The smallest absolute Gasteiger partial charge is 0.387 e. The molecule has 0 atom stereocenters. The fraction of sp³-hybridized carbons (Fsp3) is 0.333. The van der Waals surface area contributed by atoms with Gasteiger partial charge in [-0.2, -0.15) is 8.78 Å². The normalized spacial score (nSPS) is 14.7. The van der Waals surface area contributed by atoms with E-state index in [0.29, 0.717) is 11.4 Å². The summed E-state index contributed by atoms with van der Waals surface area (Å²) in [6, 6.07) is 7.98. The Morgan fingerprint density at radius 3 is 2.59 bits per heavy atom. The molecule has 1 heterocycles. The second-order valence-electron chi connectivity index (χ2n) is 6.20. The standard InChI is InChI=1S/C18H20ClF2N3O4S/c1-27-17-10-14(19)15(11-16(17)24-7-5-22-6-8-24)23-29(25,26)13-4-2-3-12(9-13)28-18(20)21/h2-4,9-11,18,22-23H,5-8H2,1H3. The number of hydrogen-bond donors (Lipinski definition) is 2. The summed E-state index contributed by atoms with van der Waals surface area (Å²) in [5, 5.41) is 3.38. The number of alkyl halides is 2. The molecule has 7 nitrogen and oxygen atoms in total. The van der Waals surface area contributed by atoms with Crippen LogP contribution in [0.2, 0.25) is 5.02 Å². The van der Waals surface area contributed by atoms with Crippen LogP contribution in [0.25, 0.3) is 0 Å². The minimum absolute atomic E-state index is 0.143. The van der Waals surface area contributed by atoms with E-state index < -0.39 is 16.6 Å². The first kappa shape index (κ1) is 21.4. The van der Waals surface area contributed by atoms with E-state index >= 15 is 0 Å². The number of piperazine rings is 1. The van der Waals surface area contributed by atoms with Gasteiger partial charge in [-0.25, -0.2) is 8.42 Å². The lowest BCUT2D eigenvalue weighted by molar-refractivity contribution is -0.0499. The quantitative estimate of drug-likeness (QED) is 0.678. The topological polar surface area (TPSA) is 79.9 Å². The Morgan fingerprint density at radius 1 is 1.21 bits per heavy atom. The van der Waals surface area contributed by atoms with Crippen molar-refractivity contribution in [2.75, 3.05) is 42.9 Å². The van der Waals surface area contributed by atoms with E-state index in [4.69, 9.17) is 16.3 Å². The molecule has 2 aromatic carbocycles. The van der Waals surface area contributed by atoms with Crippen molar-refractivity contribution in [2.24, 2.45) is 0 Å². The van der Waals surface area contributed by atoms with Crippen molar-refractivity contribution in [1.82, 2.24) is 5.32 Å². The van der Waals surface area contributed by atoms with Gasteiger partial charge in [0.15, 0.2) is 0 Å². The number of anilines is 2. The number of ether oxygens (including phenoxy) is 2. The predicted octanol–water partition coefficient (Wildman–Crippen LogP) is 3.16. The van der Waals surface area contributed by atoms with Crippen molar-refractivity contribution in [3.63, 3.8) is 0 Å². The summed E-state index contributed by atoms with van der Waals surface area (Å²) < 4.78 is 62.4. The number of nitrogens with one attached hydrogen (secondary N) is 2. The summed E-state index contributed by atoms with van der Waals surface area (Å²) in [5.74, 6) is 0.261. The Balaban J connectivity index is 1.92. The highest BCUT2D eigenvalue weighted by molar-refractivity contribution is 7.92. The molecule has 1 aliphatic heterocycles. The van der Waals surface area contributed by atoms with E-state index in [2.05, 4.69) is 19.7 Å². The first-order valence-electron chi connectivity index (χ1n) is 8.71. The third-order valence-corrected chi connectivity index (χ3v) is 5.99. The maximum absolute atomic E-state index is 12.8. The van der Waals surface area contributed by atoms with Crippen molar-refractivity contribution in [3.05, 3.63) is 41.4 Å². The fourth-order valence-electron chi connectivity index (χ4n) is 2.96. The molecule has 0 saturated carbocycles. The van der Waals surface area contributed by atoms with E-state index in [-0.39, 0.29) is 21.4 Å². The average Bonchev–Trinajstić information content (AvgIpc) is 2.69. The molecule has 1 fully saturated rings. The van der Waals surface area contributed by atoms with Gasteiger partial charge in [0.25, 0.3) is 10.0 Å². The molecule has 0 aliphatic carbocycles. The van der Waals surface area contributed by atoms with Crippen molar-refractivity contribution in [1.29, 1.82) is 0 Å². The Hall–Kier alpha value is -2.30. The molecule has 0 amide bonds. The highest BCUT2D eigenvalue weighted by Crippen LogP contribution is 2.38. The Kier molecular flexibility index (Phi) is 6.66. The first-order valence-corrected chi connectivity index (χ1v) is 10.6. The number of halogens is 3. The van der Waals surface area contributed by atoms with Gasteiger partial charge in [-0.3, -0.25) is 4.72 Å². The van der Waals surface area contributed by atoms with Gasteiger partial charge < -0.3 is 19.7 Å². The maximum Gasteiger partial charge on any atom is 0.387 e. The minimum atomic E-state index is -4.09. The summed E-state index contributed by atoms with van der Waals surface area (Å²) >= 11 is 6.25. The van der Waals surface area contributed by atoms with Crippen LogP contribution in [0.5, 0.6) is 11.5 Å². The lowest BCUT2D eigenvalue weighted by Crippen LogP contribution is -2.43. The molecule has 1 saturated heterocycles. The maximum atomic E-state index is 12.8. The zero-order valence-electron chi connectivity index (χ0n) is 15.5. The number of rotatable bonds is 7. The van der Waals surface area contributed by atoms with Gasteiger partial charge in [0.1, 0.15) is 11.5 Å². The number of hydrogen-bond acceptors (Lipinski definition) is 6. The third kappa shape index (κ3) is 5.20. The molecule has 0 aromatic heterocycles. The van der Waals surface area contributed by atoms with Crippen LogP contribution >= 0.6 is 11.6 Å². The summed E-state index contributed by atoms with van der Waals surface area (Å²) in [4.78, 5) is 1.83. The minimum Gasteiger partial charge on any atom is -0.495 e. The Labute approximate surface area is 172 Å². The van der Waals surface area contributed by atoms with Crippen LogP contribution in [-0.2, 0) is 10.0 Å². The molecule has 1 aliphatic rings. The Morgan fingerprint density at radius 2 is 1.93 bits per heavy atom. The highest BCUT2D eigenvalue weighted by Gasteiger charge is 2.21. The monoisotopic (exact) mass is 447 g/mol. The molecular weight excluding hydrogens is 428 g/mol. The van der Waals surface area contributed by atoms with Crippen molar-refractivity contribution < 1.29 is 26.7 Å². The Bertz CT molecular complexity index is 970. The number of benzene rings is 2. The third-order valence-electron chi connectivity index (χ3n) is 4.31. The first-order chi connectivity index (χ1) is 13.8. The van der Waals surface area contributed by atoms with Gasteiger partial charge in [-0.1, -0.05) is 17.7 Å². The zero-order valence-corrected chi connectivity index (χ0v) is 17.1. The molecule has 3 rings (SSSR count). The SMILES string of the molecule is COc1cc(Cl)c(NS(=O)(=O)c2cccc(OC(F)F)c2)cc1N1CCNCC1. The summed E-state index contributed by atoms with van der Waals surface area (Å²) in [6.45, 7) is -0.0550. The van der Waals surface area contributed by atoms with Gasteiger partial charge >= 0.3 is 6.61 Å². The van der Waals surface area contributed by atoms with Crippen LogP contribution < -0.4 is 24.4 Å². The van der Waals surface area contributed by atoms with Crippen LogP contribution in [-0.4, -0.2) is 48.3 Å². The van der Waals surface area contributed by atoms with Crippen molar-refractivity contribution in [2.45, 2.75) is 11.5 Å². The van der Waals surface area contributed by atoms with E-state index in [1.54, 1.807) is 6.07 Å². The molecule has 0 bridgehead atoms. The van der Waals surface area contributed by atoms with Gasteiger partial charge in [0.05, 0.1) is 28.4 Å². The molecular formula is C18H20ClF2N3O4S. The summed E-state index contributed by atoms with van der Waals surface area (Å²) in [6.07, 6.45) is 0. The van der Waals surface area contributed by atoms with Crippen LogP contribution in [0.1, 0.15) is 0 Å². The molecule has 29 heavy (non-hydrogen) atoms. The molecule has 158 valence electrons. The number of methoxy groups -OCH3 is 1. The molecule has 0 spiro atoms. The van der Waals surface area contributed by atoms with Crippen molar-refractivity contribution >= 4 is 33.0 Å². The van der Waals surface area contributed by atoms with Gasteiger partial charge in [-0.05, 0) is 18.2 Å². The van der Waals surface area contributed by atoms with Gasteiger partial charge in [-0.15, -0.1) is 0 Å². The number of sulfonamides is 1. The zero-order chi connectivity index (χ0) is 21.0. The number of nitrogens with zero attached hydrogens (tertiary/aromatic N) is 1. The second-order valence-corrected chi connectivity index (χ2v) is 8.29. The van der Waals surface area contributed by atoms with E-state index in [0.717, 1.165) is 32.2 Å². The molecule has 0 unspecified atom stereocenters. The van der Waals surface area contributed by atoms with Crippen LogP contribution in [0, 0.1) is 0 Å². The predicted molar refractivity (Wildman–Crippen MR) is 107 cm³/mol. The molecule has 2 N–H and O–H groups in total. The lowest BCUT2D eigenvalue weighted by atomic mass is 10.2. The van der Waals surface area contributed by atoms with E-state index in [1.807, 2.05) is 0 Å². The van der Waals surface area contributed by atoms with Crippen LogP contribution in [0.3, 0.4) is 0 Å². The molecule has 2 aromatic rings. The van der Waals surface area contributed by atoms with E-state index in [9.17, 15) is 17.2 Å². The van der Waals surface area contributed by atoms with Crippen molar-refractivity contribution in [3.8, 4) is 11.5 Å². The lowest BCUT2D eigenvalue weighted by Gasteiger charge is -2.31. The summed E-state index contributed by atoms with van der Waals surface area (Å²) in [5.41, 5.74) is 0.854. The van der Waals surface area contributed by atoms with Gasteiger partial charge in [0, 0.05) is 38.3 Å². The van der Waals surface area contributed by atoms with E-state index in [1.165, 1.54) is 31.4 Å². The van der Waals surface area contributed by atoms with Crippen LogP contribution in [0.15, 0.2) is 41.3 Å². The van der Waals surface area contributed by atoms with Gasteiger partial charge in [0.2, 0.25) is 0 Å². The average molecular weight is 448 g/mol. The van der Waals surface area contributed by atoms with Crippen LogP contribution in [0.4, 0.5) is 20.2 Å².